The zero-order chi connectivity index (χ0) is 16.8. The first kappa shape index (κ1) is 17.4. The molecule has 2 aromatic rings. The Hall–Kier alpha value is -0.470. The maximum Gasteiger partial charge on any atom is 0.238 e. The number of thioether (sulfide) groups is 1. The maximum absolute atomic E-state index is 11.5. The van der Waals surface area contributed by atoms with Crippen LogP contribution in [0.5, 0.6) is 0 Å². The van der Waals surface area contributed by atoms with E-state index in [4.69, 9.17) is 28.3 Å². The Morgan fingerprint density at radius 1 is 1.48 bits per heavy atom. The van der Waals surface area contributed by atoms with Gasteiger partial charge in [0.05, 0.1) is 15.9 Å². The summed E-state index contributed by atoms with van der Waals surface area (Å²) in [5.74, 6) is 1.06. The Bertz CT molecular complexity index is 849. The molecule has 1 aliphatic rings. The van der Waals surface area contributed by atoms with Crippen LogP contribution in [0.4, 0.5) is 0 Å². The van der Waals surface area contributed by atoms with E-state index >= 15 is 0 Å². The van der Waals surface area contributed by atoms with Crippen LogP contribution in [0.1, 0.15) is 19.8 Å². The smallest absolute Gasteiger partial charge is 0.238 e. The number of sulfonamides is 1. The van der Waals surface area contributed by atoms with Crippen molar-refractivity contribution in [3.63, 3.8) is 0 Å². The summed E-state index contributed by atoms with van der Waals surface area (Å²) in [7, 11) is -3.73. The number of hydrogen-bond donors (Lipinski definition) is 1. The molecule has 0 spiro atoms. The van der Waals surface area contributed by atoms with Crippen molar-refractivity contribution < 1.29 is 8.42 Å². The molecule has 1 aromatic carbocycles. The van der Waals surface area contributed by atoms with E-state index in [-0.39, 0.29) is 10.8 Å². The molecule has 1 fully saturated rings. The van der Waals surface area contributed by atoms with Crippen molar-refractivity contribution in [2.45, 2.75) is 40.7 Å². The fourth-order valence-electron chi connectivity index (χ4n) is 2.44. The number of nitrogens with zero attached hydrogens (tertiary/aromatic N) is 2. The molecular weight excluding hydrogens is 377 g/mol. The highest BCUT2D eigenvalue weighted by molar-refractivity contribution is 7.99. The maximum atomic E-state index is 11.5. The van der Waals surface area contributed by atoms with E-state index in [0.717, 1.165) is 35.8 Å². The summed E-state index contributed by atoms with van der Waals surface area (Å²) in [6, 6.07) is 4.79. The second kappa shape index (κ2) is 6.11. The van der Waals surface area contributed by atoms with Crippen molar-refractivity contribution in [2.24, 2.45) is 11.1 Å². The van der Waals surface area contributed by atoms with E-state index in [9.17, 15) is 8.42 Å². The van der Waals surface area contributed by atoms with Gasteiger partial charge in [0.2, 0.25) is 10.0 Å². The number of nitrogens with two attached hydrogens (primary N) is 1. The second-order valence-electron chi connectivity index (χ2n) is 5.71. The number of primary sulfonamides is 1. The Kier molecular flexibility index (Phi) is 4.61. The van der Waals surface area contributed by atoms with Gasteiger partial charge in [0.25, 0.3) is 0 Å². The highest BCUT2D eigenvalue weighted by Gasteiger charge is 2.51. The highest BCUT2D eigenvalue weighted by atomic mass is 35.5. The zero-order valence-electron chi connectivity index (χ0n) is 12.5. The summed E-state index contributed by atoms with van der Waals surface area (Å²) in [6.45, 7) is 2.90. The molecule has 1 saturated carbocycles. The molecule has 126 valence electrons. The molecule has 0 radical (unpaired) electrons. The number of fused-ring (bicyclic) bond motifs is 1. The Morgan fingerprint density at radius 3 is 2.74 bits per heavy atom. The third-order valence-corrected chi connectivity index (χ3v) is 6.81. The predicted octanol–water partition coefficient (Wildman–Crippen LogP) is 3.38. The topological polar surface area (TPSA) is 78.0 Å². The van der Waals surface area contributed by atoms with Crippen LogP contribution in [0.3, 0.4) is 0 Å². The number of halogens is 2. The average Bonchev–Trinajstić information content (AvgIpc) is 2.92. The summed E-state index contributed by atoms with van der Waals surface area (Å²) in [5.41, 5.74) is 1.53. The molecule has 0 saturated heterocycles. The van der Waals surface area contributed by atoms with Crippen LogP contribution in [0, 0.1) is 5.92 Å². The van der Waals surface area contributed by atoms with Gasteiger partial charge >= 0.3 is 0 Å². The summed E-state index contributed by atoms with van der Waals surface area (Å²) in [4.78, 5) is 4.65. The molecule has 0 amide bonds. The minimum absolute atomic E-state index is 0.0745. The Balaban J connectivity index is 1.94. The van der Waals surface area contributed by atoms with E-state index in [0.29, 0.717) is 5.52 Å². The number of rotatable bonds is 6. The van der Waals surface area contributed by atoms with Crippen molar-refractivity contribution in [1.29, 1.82) is 0 Å². The lowest BCUT2D eigenvalue weighted by molar-refractivity contribution is 0.598. The van der Waals surface area contributed by atoms with Gasteiger partial charge in [0.15, 0.2) is 5.16 Å². The van der Waals surface area contributed by atoms with Gasteiger partial charge in [0, 0.05) is 18.2 Å². The fraction of sp³-hybridized carbons (Fsp3) is 0.500. The fourth-order valence-corrected chi connectivity index (χ4v) is 4.94. The van der Waals surface area contributed by atoms with Crippen LogP contribution >= 0.6 is 35.0 Å². The van der Waals surface area contributed by atoms with Crippen LogP contribution in [0.15, 0.2) is 28.3 Å². The molecule has 1 aliphatic carbocycles. The van der Waals surface area contributed by atoms with Crippen molar-refractivity contribution in [3.8, 4) is 0 Å². The first-order valence-electron chi connectivity index (χ1n) is 7.26. The van der Waals surface area contributed by atoms with Crippen molar-refractivity contribution in [2.75, 3.05) is 5.75 Å². The number of aryl methyl sites for hydroxylation is 1. The van der Waals surface area contributed by atoms with E-state index in [1.807, 2.05) is 0 Å². The first-order valence-corrected chi connectivity index (χ1v) is 10.5. The van der Waals surface area contributed by atoms with Gasteiger partial charge in [-0.1, -0.05) is 18.7 Å². The number of hydrogen-bond acceptors (Lipinski definition) is 4. The van der Waals surface area contributed by atoms with E-state index < -0.39 is 14.4 Å². The summed E-state index contributed by atoms with van der Waals surface area (Å²) < 4.78 is 24.5. The quantitative estimate of drug-likeness (QED) is 0.602. The largest absolute Gasteiger partial charge is 0.319 e. The van der Waals surface area contributed by atoms with Gasteiger partial charge in [0.1, 0.15) is 4.33 Å². The zero-order valence-corrected chi connectivity index (χ0v) is 15.6. The molecule has 0 bridgehead atoms. The third-order valence-electron chi connectivity index (χ3n) is 3.83. The number of alkyl halides is 2. The molecule has 3 rings (SSSR count). The molecule has 1 heterocycles. The Morgan fingerprint density at radius 2 is 2.17 bits per heavy atom. The van der Waals surface area contributed by atoms with Gasteiger partial charge in [-0.05, 0) is 31.0 Å². The molecule has 9 heteroatoms. The monoisotopic (exact) mass is 393 g/mol. The molecule has 1 atom stereocenters. The van der Waals surface area contributed by atoms with Crippen LogP contribution < -0.4 is 5.14 Å². The number of benzene rings is 1. The molecule has 2 N–H and O–H groups in total. The normalized spacial score (nSPS) is 20.1. The van der Waals surface area contributed by atoms with E-state index in [1.54, 1.807) is 17.8 Å². The third kappa shape index (κ3) is 3.64. The molecule has 1 aromatic heterocycles. The van der Waals surface area contributed by atoms with Gasteiger partial charge in [-0.25, -0.2) is 18.5 Å². The van der Waals surface area contributed by atoms with Crippen LogP contribution in [-0.4, -0.2) is 28.1 Å². The van der Waals surface area contributed by atoms with E-state index in [1.165, 1.54) is 12.1 Å². The number of imidazole rings is 1. The van der Waals surface area contributed by atoms with Crippen molar-refractivity contribution in [3.05, 3.63) is 18.2 Å². The molecule has 5 nitrogen and oxygen atoms in total. The summed E-state index contributed by atoms with van der Waals surface area (Å²) in [5, 5.41) is 6.04. The average molecular weight is 394 g/mol. The van der Waals surface area contributed by atoms with Gasteiger partial charge in [-0.2, -0.15) is 0 Å². The van der Waals surface area contributed by atoms with Gasteiger partial charge < -0.3 is 4.57 Å². The standard InChI is InChI=1S/C14H17Cl2N3O2S2/c1-2-5-19-12-4-3-10(23(17,20)21)6-11(12)18-13(19)22-8-9-7-14(9,15)16/h3-4,6,9H,2,5,7-8H2,1H3,(H2,17,20,21)/t9-/m0/s1. The minimum Gasteiger partial charge on any atom is -0.319 e. The molecule has 23 heavy (non-hydrogen) atoms. The van der Waals surface area contributed by atoms with Crippen LogP contribution in [0.25, 0.3) is 11.0 Å². The predicted molar refractivity (Wildman–Crippen MR) is 94.7 cm³/mol. The molecular formula is C14H17Cl2N3O2S2. The summed E-state index contributed by atoms with van der Waals surface area (Å²) >= 11 is 13.7. The van der Waals surface area contributed by atoms with Gasteiger partial charge in [-0.15, -0.1) is 23.2 Å². The lowest BCUT2D eigenvalue weighted by Gasteiger charge is -2.07. The van der Waals surface area contributed by atoms with Gasteiger partial charge in [-0.3, -0.25) is 0 Å². The second-order valence-corrected chi connectivity index (χ2v) is 9.81. The number of aromatic nitrogens is 2. The van der Waals surface area contributed by atoms with Crippen molar-refractivity contribution in [1.82, 2.24) is 9.55 Å². The lowest BCUT2D eigenvalue weighted by Crippen LogP contribution is -2.11. The SMILES string of the molecule is CCCn1c(SC[C@@H]2CC2(Cl)Cl)nc2cc(S(N)(=O)=O)ccc21. The molecule has 0 aliphatic heterocycles. The van der Waals surface area contributed by atoms with E-state index in [2.05, 4.69) is 16.5 Å². The molecule has 0 unspecified atom stereocenters. The van der Waals surface area contributed by atoms with Crippen molar-refractivity contribution >= 4 is 56.0 Å². The highest BCUT2D eigenvalue weighted by Crippen LogP contribution is 2.54. The Labute approximate surface area is 149 Å². The summed E-state index contributed by atoms with van der Waals surface area (Å²) in [6.07, 6.45) is 1.75. The lowest BCUT2D eigenvalue weighted by atomic mass is 10.3. The first-order chi connectivity index (χ1) is 10.7. The minimum atomic E-state index is -3.73. The van der Waals surface area contributed by atoms with Crippen LogP contribution in [-0.2, 0) is 16.6 Å². The van der Waals surface area contributed by atoms with Crippen LogP contribution in [0.2, 0.25) is 0 Å².